The minimum Gasteiger partial charge on any atom is -0.461 e. The molecule has 0 radical (unpaired) electrons. The van der Waals surface area contributed by atoms with Crippen LogP contribution >= 0.6 is 0 Å². The monoisotopic (exact) mass is 428 g/mol. The van der Waals surface area contributed by atoms with Gasteiger partial charge in [0.25, 0.3) is 0 Å². The van der Waals surface area contributed by atoms with Crippen LogP contribution in [0.5, 0.6) is 5.75 Å². The van der Waals surface area contributed by atoms with E-state index in [0.29, 0.717) is 5.75 Å². The number of rotatable bonds is 4. The smallest absolute Gasteiger partial charge is 0.311 e. The van der Waals surface area contributed by atoms with Crippen molar-refractivity contribution in [1.82, 2.24) is 0 Å². The van der Waals surface area contributed by atoms with Gasteiger partial charge >= 0.3 is 5.97 Å². The first-order chi connectivity index (χ1) is 14.8. The van der Waals surface area contributed by atoms with Crippen LogP contribution in [0.15, 0.2) is 60.7 Å². The lowest BCUT2D eigenvalue weighted by Gasteiger charge is -2.47. The van der Waals surface area contributed by atoms with E-state index in [1.165, 1.54) is 0 Å². The molecule has 2 aliphatic rings. The largest absolute Gasteiger partial charge is 0.461 e. The van der Waals surface area contributed by atoms with Crippen LogP contribution in [0.25, 0.3) is 0 Å². The summed E-state index contributed by atoms with van der Waals surface area (Å²) < 4.78 is 29.6. The van der Waals surface area contributed by atoms with Crippen molar-refractivity contribution in [2.45, 2.75) is 57.8 Å². The molecule has 2 aliphatic heterocycles. The Morgan fingerprint density at radius 3 is 2.29 bits per heavy atom. The van der Waals surface area contributed by atoms with E-state index in [1.54, 1.807) is 32.9 Å². The van der Waals surface area contributed by atoms with Crippen LogP contribution in [-0.2, 0) is 23.7 Å². The zero-order chi connectivity index (χ0) is 22.0. The SMILES string of the molecule is CC(C)(C)C(=O)O[C@H]1[C@@H](Oc2ccccc2)O[C@@H]2COC(c3ccccc3)O[C@H]2[C@@H]1O. The molecule has 0 aromatic heterocycles. The molecule has 0 saturated carbocycles. The van der Waals surface area contributed by atoms with Crippen LogP contribution in [-0.4, -0.2) is 48.4 Å². The Bertz CT molecular complexity index is 865. The second-order valence-electron chi connectivity index (χ2n) is 8.76. The van der Waals surface area contributed by atoms with Gasteiger partial charge in [-0.3, -0.25) is 4.79 Å². The molecule has 2 aromatic rings. The summed E-state index contributed by atoms with van der Waals surface area (Å²) in [5.74, 6) is 0.0710. The minimum atomic E-state index is -1.16. The normalized spacial score (nSPS) is 30.8. The number of hydrogen-bond acceptors (Lipinski definition) is 7. The van der Waals surface area contributed by atoms with E-state index in [4.69, 9.17) is 23.7 Å². The minimum absolute atomic E-state index is 0.204. The number of aliphatic hydroxyl groups excluding tert-OH is 1. The number of benzene rings is 2. The molecule has 2 saturated heterocycles. The first kappa shape index (κ1) is 21.8. The first-order valence-electron chi connectivity index (χ1n) is 10.4. The maximum Gasteiger partial charge on any atom is 0.311 e. The molecule has 2 aromatic carbocycles. The van der Waals surface area contributed by atoms with Gasteiger partial charge in [-0.2, -0.15) is 0 Å². The van der Waals surface area contributed by atoms with Gasteiger partial charge in [-0.1, -0.05) is 48.5 Å². The van der Waals surface area contributed by atoms with Crippen molar-refractivity contribution in [2.75, 3.05) is 6.61 Å². The van der Waals surface area contributed by atoms with E-state index in [1.807, 2.05) is 48.5 Å². The van der Waals surface area contributed by atoms with Gasteiger partial charge < -0.3 is 28.8 Å². The summed E-state index contributed by atoms with van der Waals surface area (Å²) >= 11 is 0. The maximum atomic E-state index is 12.6. The van der Waals surface area contributed by atoms with E-state index in [2.05, 4.69) is 0 Å². The molecule has 0 aliphatic carbocycles. The molecule has 0 amide bonds. The molecule has 7 nitrogen and oxygen atoms in total. The zero-order valence-corrected chi connectivity index (χ0v) is 17.8. The van der Waals surface area contributed by atoms with Crippen LogP contribution in [0.2, 0.25) is 0 Å². The molecule has 4 rings (SSSR count). The summed E-state index contributed by atoms with van der Waals surface area (Å²) in [6.07, 6.45) is -5.20. The average Bonchev–Trinajstić information content (AvgIpc) is 2.77. The lowest BCUT2D eigenvalue weighted by molar-refractivity contribution is -0.351. The molecule has 0 bridgehead atoms. The Morgan fingerprint density at radius 1 is 1.00 bits per heavy atom. The summed E-state index contributed by atoms with van der Waals surface area (Å²) in [4.78, 5) is 12.6. The summed E-state index contributed by atoms with van der Waals surface area (Å²) in [5.41, 5.74) is 0.0794. The van der Waals surface area contributed by atoms with Crippen molar-refractivity contribution < 1.29 is 33.6 Å². The van der Waals surface area contributed by atoms with E-state index >= 15 is 0 Å². The number of hydrogen-bond donors (Lipinski definition) is 1. The fourth-order valence-electron chi connectivity index (χ4n) is 3.50. The number of para-hydroxylation sites is 1. The van der Waals surface area contributed by atoms with Crippen LogP contribution < -0.4 is 4.74 Å². The third-order valence-corrected chi connectivity index (χ3v) is 5.23. The van der Waals surface area contributed by atoms with Gasteiger partial charge in [0.15, 0.2) is 12.4 Å². The highest BCUT2D eigenvalue weighted by Crippen LogP contribution is 2.36. The van der Waals surface area contributed by atoms with Crippen LogP contribution in [0, 0.1) is 5.41 Å². The molecule has 2 fully saturated rings. The Balaban J connectivity index is 1.56. The molecule has 31 heavy (non-hydrogen) atoms. The van der Waals surface area contributed by atoms with Crippen molar-refractivity contribution in [3.63, 3.8) is 0 Å². The van der Waals surface area contributed by atoms with Crippen molar-refractivity contribution in [1.29, 1.82) is 0 Å². The standard InChI is InChI=1S/C24H28O7/c1-24(2,3)23(26)31-20-18(25)19-17(29-22(20)28-16-12-8-5-9-13-16)14-27-21(30-19)15-10-6-4-7-11-15/h4-13,17-22,25H,14H2,1-3H3/t17-,18+,19-,20-,21?,22+/m1/s1. The van der Waals surface area contributed by atoms with Crippen molar-refractivity contribution in [3.8, 4) is 5.75 Å². The molecule has 7 heteroatoms. The Labute approximate surface area is 181 Å². The summed E-state index contributed by atoms with van der Waals surface area (Å²) in [5, 5.41) is 11.2. The predicted molar refractivity (Wildman–Crippen MR) is 111 cm³/mol. The fraction of sp³-hybridized carbons (Fsp3) is 0.458. The first-order valence-corrected chi connectivity index (χ1v) is 10.4. The Hall–Kier alpha value is -2.45. The van der Waals surface area contributed by atoms with Gasteiger partial charge in [-0.15, -0.1) is 0 Å². The molecule has 1 N–H and O–H groups in total. The maximum absolute atomic E-state index is 12.6. The topological polar surface area (TPSA) is 83.5 Å². The third-order valence-electron chi connectivity index (χ3n) is 5.23. The molecule has 6 atom stereocenters. The Kier molecular flexibility index (Phi) is 6.29. The quantitative estimate of drug-likeness (QED) is 0.749. The van der Waals surface area contributed by atoms with Gasteiger partial charge in [0.2, 0.25) is 6.29 Å². The lowest BCUT2D eigenvalue weighted by atomic mass is 9.95. The number of fused-ring (bicyclic) bond motifs is 1. The molecule has 1 unspecified atom stereocenters. The molecular weight excluding hydrogens is 400 g/mol. The molecular formula is C24H28O7. The predicted octanol–water partition coefficient (Wildman–Crippen LogP) is 3.22. The van der Waals surface area contributed by atoms with Crippen LogP contribution in [0.1, 0.15) is 32.6 Å². The van der Waals surface area contributed by atoms with Gasteiger partial charge in [0, 0.05) is 5.56 Å². The highest BCUT2D eigenvalue weighted by Gasteiger charge is 2.52. The number of ether oxygens (including phenoxy) is 5. The van der Waals surface area contributed by atoms with Crippen LogP contribution in [0.4, 0.5) is 0 Å². The second-order valence-corrected chi connectivity index (χ2v) is 8.76. The highest BCUT2D eigenvalue weighted by atomic mass is 16.8. The average molecular weight is 428 g/mol. The van der Waals surface area contributed by atoms with Gasteiger partial charge in [0.05, 0.1) is 12.0 Å². The number of esters is 1. The molecule has 0 spiro atoms. The van der Waals surface area contributed by atoms with Gasteiger partial charge in [-0.25, -0.2) is 0 Å². The van der Waals surface area contributed by atoms with E-state index in [0.717, 1.165) is 5.56 Å². The third kappa shape index (κ3) is 4.91. The lowest BCUT2D eigenvalue weighted by Crippen LogP contribution is -2.64. The number of carbonyl (C=O) groups excluding carboxylic acids is 1. The molecule has 166 valence electrons. The number of carbonyl (C=O) groups is 1. The summed E-state index contributed by atoms with van der Waals surface area (Å²) in [6, 6.07) is 18.5. The van der Waals surface area contributed by atoms with Gasteiger partial charge in [0.1, 0.15) is 24.1 Å². The van der Waals surface area contributed by atoms with Gasteiger partial charge in [-0.05, 0) is 32.9 Å². The summed E-state index contributed by atoms with van der Waals surface area (Å²) in [6.45, 7) is 5.45. The summed E-state index contributed by atoms with van der Waals surface area (Å²) in [7, 11) is 0. The van der Waals surface area contributed by atoms with Crippen molar-refractivity contribution in [2.24, 2.45) is 5.41 Å². The number of aliphatic hydroxyl groups is 1. The van der Waals surface area contributed by atoms with E-state index in [9.17, 15) is 9.90 Å². The van der Waals surface area contributed by atoms with Crippen LogP contribution in [0.3, 0.4) is 0 Å². The zero-order valence-electron chi connectivity index (χ0n) is 17.8. The highest BCUT2D eigenvalue weighted by molar-refractivity contribution is 5.75. The van der Waals surface area contributed by atoms with E-state index < -0.39 is 48.4 Å². The van der Waals surface area contributed by atoms with E-state index in [-0.39, 0.29) is 6.61 Å². The van der Waals surface area contributed by atoms with Crippen molar-refractivity contribution >= 4 is 5.97 Å². The van der Waals surface area contributed by atoms with Crippen molar-refractivity contribution in [3.05, 3.63) is 66.2 Å². The Morgan fingerprint density at radius 2 is 1.65 bits per heavy atom. The fourth-order valence-corrected chi connectivity index (χ4v) is 3.50. The second kappa shape index (κ2) is 8.96. The molecule has 2 heterocycles.